The highest BCUT2D eigenvalue weighted by molar-refractivity contribution is 7.11. The van der Waals surface area contributed by atoms with E-state index in [1.54, 1.807) is 13.2 Å². The molecular formula is C19H23NO4S. The molecular weight excluding hydrogens is 338 g/mol. The number of aromatic nitrogens is 1. The van der Waals surface area contributed by atoms with Gasteiger partial charge in [-0.2, -0.15) is 0 Å². The second-order valence-electron chi connectivity index (χ2n) is 5.46. The van der Waals surface area contributed by atoms with E-state index >= 15 is 0 Å². The van der Waals surface area contributed by atoms with Crippen molar-refractivity contribution in [2.45, 2.75) is 26.7 Å². The molecule has 5 nitrogen and oxygen atoms in total. The number of carbonyl (C=O) groups is 1. The van der Waals surface area contributed by atoms with Gasteiger partial charge in [0.05, 0.1) is 26.4 Å². The van der Waals surface area contributed by atoms with Crippen LogP contribution in [0.2, 0.25) is 0 Å². The summed E-state index contributed by atoms with van der Waals surface area (Å²) in [7, 11) is 2.96. The number of hydrogen-bond acceptors (Lipinski definition) is 6. The third-order valence-corrected chi connectivity index (χ3v) is 4.50. The second-order valence-corrected chi connectivity index (χ2v) is 6.31. The molecule has 0 atom stereocenters. The molecule has 0 amide bonds. The van der Waals surface area contributed by atoms with E-state index in [1.807, 2.05) is 30.5 Å². The van der Waals surface area contributed by atoms with Gasteiger partial charge in [-0.15, -0.1) is 11.3 Å². The number of esters is 1. The minimum Gasteiger partial charge on any atom is -0.493 e. The number of rotatable bonds is 8. The first-order valence-corrected chi connectivity index (χ1v) is 9.00. The number of nitrogens with zero attached hydrogens (tertiary/aromatic N) is 1. The van der Waals surface area contributed by atoms with Crippen LogP contribution in [0.3, 0.4) is 0 Å². The van der Waals surface area contributed by atoms with Crippen molar-refractivity contribution in [3.8, 4) is 11.5 Å². The topological polar surface area (TPSA) is 57.7 Å². The van der Waals surface area contributed by atoms with Crippen LogP contribution in [0.5, 0.6) is 11.5 Å². The number of carbonyl (C=O) groups excluding carboxylic acids is 1. The minimum atomic E-state index is -0.420. The molecule has 0 saturated heterocycles. The Bertz CT molecular complexity index is 752. The average molecular weight is 361 g/mol. The largest absolute Gasteiger partial charge is 0.493 e. The van der Waals surface area contributed by atoms with Crippen LogP contribution in [-0.2, 0) is 9.53 Å². The van der Waals surface area contributed by atoms with Gasteiger partial charge < -0.3 is 14.2 Å². The van der Waals surface area contributed by atoms with E-state index in [0.717, 1.165) is 24.1 Å². The molecule has 0 unspecified atom stereocenters. The molecule has 0 aliphatic rings. The molecule has 2 aromatic rings. The highest BCUT2D eigenvalue weighted by Crippen LogP contribution is 2.31. The highest BCUT2D eigenvalue weighted by atomic mass is 32.1. The molecule has 0 spiro atoms. The van der Waals surface area contributed by atoms with Gasteiger partial charge in [0.1, 0.15) is 5.01 Å². The van der Waals surface area contributed by atoms with Crippen molar-refractivity contribution in [1.29, 1.82) is 0 Å². The van der Waals surface area contributed by atoms with Crippen LogP contribution in [0.25, 0.3) is 11.6 Å². The Morgan fingerprint density at radius 1 is 1.28 bits per heavy atom. The highest BCUT2D eigenvalue weighted by Gasteiger charge is 2.16. The Hall–Kier alpha value is -2.34. The molecule has 0 bridgehead atoms. The second kappa shape index (κ2) is 9.22. The molecule has 0 N–H and O–H groups in total. The maximum atomic E-state index is 12.1. The molecule has 1 aromatic heterocycles. The van der Waals surface area contributed by atoms with Crippen molar-refractivity contribution in [2.75, 3.05) is 20.8 Å². The Morgan fingerprint density at radius 2 is 2.08 bits per heavy atom. The fourth-order valence-electron chi connectivity index (χ4n) is 2.18. The Labute approximate surface area is 152 Å². The standard InChI is InChI=1S/C19H23NO4S/c1-5-6-9-24-16-8-7-14(11-17(16)22-3)10-15(19(21)23-4)18-20-13(2)12-25-18/h7-8,10-12H,5-6,9H2,1-4H3/b15-10-. The summed E-state index contributed by atoms with van der Waals surface area (Å²) >= 11 is 1.41. The molecule has 1 aromatic carbocycles. The van der Waals surface area contributed by atoms with Crippen molar-refractivity contribution >= 4 is 29.0 Å². The zero-order valence-electron chi connectivity index (χ0n) is 15.0. The predicted molar refractivity (Wildman–Crippen MR) is 100 cm³/mol. The first-order chi connectivity index (χ1) is 12.1. The lowest BCUT2D eigenvalue weighted by Gasteiger charge is -2.11. The van der Waals surface area contributed by atoms with E-state index < -0.39 is 5.97 Å². The van der Waals surface area contributed by atoms with E-state index in [4.69, 9.17) is 14.2 Å². The number of benzene rings is 1. The maximum absolute atomic E-state index is 12.1. The van der Waals surface area contributed by atoms with Crippen LogP contribution >= 0.6 is 11.3 Å². The molecule has 0 aliphatic carbocycles. The maximum Gasteiger partial charge on any atom is 0.340 e. The lowest BCUT2D eigenvalue weighted by atomic mass is 10.1. The molecule has 2 rings (SSSR count). The van der Waals surface area contributed by atoms with Gasteiger partial charge in [-0.3, -0.25) is 0 Å². The zero-order valence-corrected chi connectivity index (χ0v) is 15.8. The number of hydrogen-bond donors (Lipinski definition) is 0. The van der Waals surface area contributed by atoms with E-state index in [9.17, 15) is 4.79 Å². The molecule has 134 valence electrons. The number of methoxy groups -OCH3 is 2. The van der Waals surface area contributed by atoms with E-state index in [2.05, 4.69) is 11.9 Å². The molecule has 0 aliphatic heterocycles. The Kier molecular flexibility index (Phi) is 7.01. The number of ether oxygens (including phenoxy) is 3. The summed E-state index contributed by atoms with van der Waals surface area (Å²) in [5.74, 6) is 0.902. The zero-order chi connectivity index (χ0) is 18.2. The van der Waals surface area contributed by atoms with Crippen LogP contribution in [0, 0.1) is 6.92 Å². The molecule has 0 radical (unpaired) electrons. The van der Waals surface area contributed by atoms with Crippen LogP contribution < -0.4 is 9.47 Å². The summed E-state index contributed by atoms with van der Waals surface area (Å²) in [4.78, 5) is 16.5. The number of aryl methyl sites for hydroxylation is 1. The van der Waals surface area contributed by atoms with Gasteiger partial charge in [-0.05, 0) is 37.1 Å². The first-order valence-electron chi connectivity index (χ1n) is 8.12. The van der Waals surface area contributed by atoms with E-state index in [-0.39, 0.29) is 0 Å². The minimum absolute atomic E-state index is 0.419. The lowest BCUT2D eigenvalue weighted by Crippen LogP contribution is -2.04. The summed E-state index contributed by atoms with van der Waals surface area (Å²) in [5.41, 5.74) is 2.10. The van der Waals surface area contributed by atoms with Crippen molar-refractivity contribution in [1.82, 2.24) is 4.98 Å². The molecule has 25 heavy (non-hydrogen) atoms. The number of unbranched alkanes of at least 4 members (excludes halogenated alkanes) is 1. The van der Waals surface area contributed by atoms with Gasteiger partial charge in [-0.25, -0.2) is 9.78 Å². The van der Waals surface area contributed by atoms with Crippen LogP contribution in [0.1, 0.15) is 36.0 Å². The van der Waals surface area contributed by atoms with Gasteiger partial charge in [0, 0.05) is 11.1 Å². The van der Waals surface area contributed by atoms with Gasteiger partial charge in [0.2, 0.25) is 0 Å². The molecule has 0 fully saturated rings. The third kappa shape index (κ3) is 5.06. The van der Waals surface area contributed by atoms with Crippen molar-refractivity contribution in [3.63, 3.8) is 0 Å². The Balaban J connectivity index is 2.34. The van der Waals surface area contributed by atoms with Gasteiger partial charge in [0.15, 0.2) is 11.5 Å². The van der Waals surface area contributed by atoms with Crippen molar-refractivity contribution in [3.05, 3.63) is 39.8 Å². The smallest absolute Gasteiger partial charge is 0.340 e. The van der Waals surface area contributed by atoms with Gasteiger partial charge in [-0.1, -0.05) is 19.4 Å². The fourth-order valence-corrected chi connectivity index (χ4v) is 2.98. The Morgan fingerprint density at radius 3 is 2.68 bits per heavy atom. The number of thiazole rings is 1. The summed E-state index contributed by atoms with van der Waals surface area (Å²) in [6.45, 7) is 4.65. The van der Waals surface area contributed by atoms with Gasteiger partial charge >= 0.3 is 5.97 Å². The van der Waals surface area contributed by atoms with E-state index in [0.29, 0.717) is 28.7 Å². The van der Waals surface area contributed by atoms with Crippen molar-refractivity contribution in [2.24, 2.45) is 0 Å². The van der Waals surface area contributed by atoms with Crippen LogP contribution in [0.15, 0.2) is 23.6 Å². The lowest BCUT2D eigenvalue weighted by molar-refractivity contribution is -0.133. The normalized spacial score (nSPS) is 11.3. The van der Waals surface area contributed by atoms with Crippen LogP contribution in [0.4, 0.5) is 0 Å². The average Bonchev–Trinajstić information content (AvgIpc) is 3.06. The van der Waals surface area contributed by atoms with E-state index in [1.165, 1.54) is 18.4 Å². The van der Waals surface area contributed by atoms with Crippen molar-refractivity contribution < 1.29 is 19.0 Å². The predicted octanol–water partition coefficient (Wildman–Crippen LogP) is 4.35. The SMILES string of the molecule is CCCCOc1ccc(/C=C(\C(=O)OC)c2nc(C)cs2)cc1OC. The quantitative estimate of drug-likeness (QED) is 0.397. The first kappa shape index (κ1) is 19.0. The summed E-state index contributed by atoms with van der Waals surface area (Å²) in [6, 6.07) is 5.57. The molecule has 6 heteroatoms. The van der Waals surface area contributed by atoms with Crippen LogP contribution in [-0.4, -0.2) is 31.8 Å². The summed E-state index contributed by atoms with van der Waals surface area (Å²) in [5, 5.41) is 2.53. The summed E-state index contributed by atoms with van der Waals surface area (Å²) < 4.78 is 16.0. The molecule has 0 saturated carbocycles. The summed E-state index contributed by atoms with van der Waals surface area (Å²) in [6.07, 6.45) is 3.81. The third-order valence-electron chi connectivity index (χ3n) is 3.51. The molecule has 1 heterocycles. The monoisotopic (exact) mass is 361 g/mol. The van der Waals surface area contributed by atoms with Gasteiger partial charge in [0.25, 0.3) is 0 Å². The fraction of sp³-hybridized carbons (Fsp3) is 0.368.